The Balaban J connectivity index is -0.0000000206. The van der Waals surface area contributed by atoms with Crippen molar-refractivity contribution in [2.75, 3.05) is 0 Å². The van der Waals surface area contributed by atoms with E-state index in [4.69, 9.17) is 44.3 Å². The Morgan fingerprint density at radius 1 is 0.263 bits per heavy atom. The fourth-order valence-corrected chi connectivity index (χ4v) is 0. The molecule has 0 spiro atoms. The molecule has 0 aromatic carbocycles. The molecular formula is Eu4O12Ti3. The van der Waals surface area contributed by atoms with Gasteiger partial charge in [-0.3, -0.25) is 0 Å². The molecule has 0 aromatic rings. The molecule has 0 radical (unpaired) electrons. The molecule has 0 unspecified atom stereocenters. The van der Waals surface area contributed by atoms with Gasteiger partial charge < -0.3 is 0 Å². The Morgan fingerprint density at radius 3 is 0.263 bits per heavy atom. The maximum absolute atomic E-state index is 8.62. The van der Waals surface area contributed by atoms with E-state index in [0.29, 0.717) is 0 Å². The fourth-order valence-electron chi connectivity index (χ4n) is 0. The zero-order valence-corrected chi connectivity index (χ0v) is 22.3. The Kier molecular flexibility index (Phi) is 57.7. The standard InChI is InChI=1S/4Eu.12O.3Ti/q4*+3;12*-1;;;. The van der Waals surface area contributed by atoms with Crippen molar-refractivity contribution in [2.24, 2.45) is 0 Å². The molecular weight excluding hydrogens is 943 g/mol. The van der Waals surface area contributed by atoms with Crippen LogP contribution in [0.1, 0.15) is 0 Å². The molecule has 0 aliphatic carbocycles. The van der Waals surface area contributed by atoms with Gasteiger partial charge in [0.15, 0.2) is 0 Å². The Labute approximate surface area is 286 Å². The van der Waals surface area contributed by atoms with Gasteiger partial charge in [0.05, 0.1) is 0 Å². The van der Waals surface area contributed by atoms with E-state index in [-0.39, 0.29) is 198 Å². The van der Waals surface area contributed by atoms with E-state index in [1.807, 2.05) is 0 Å². The first-order valence-corrected chi connectivity index (χ1v) is 10.1. The van der Waals surface area contributed by atoms with Crippen LogP contribution in [0.4, 0.5) is 0 Å². The van der Waals surface area contributed by atoms with E-state index in [1.165, 1.54) is 0 Å². The van der Waals surface area contributed by atoms with E-state index in [9.17, 15) is 0 Å². The van der Waals surface area contributed by atoms with Gasteiger partial charge in [-0.2, -0.15) is 0 Å². The summed E-state index contributed by atoms with van der Waals surface area (Å²) < 4.78 is 104. The molecule has 0 bridgehead atoms. The molecule has 0 saturated heterocycles. The second kappa shape index (κ2) is 24.0. The third-order valence-corrected chi connectivity index (χ3v) is 0. The number of hydrogen-bond acceptors (Lipinski definition) is 12. The molecule has 0 aliphatic rings. The van der Waals surface area contributed by atoms with Crippen molar-refractivity contribution in [3.63, 3.8) is 0 Å². The summed E-state index contributed by atoms with van der Waals surface area (Å²) in [5.41, 5.74) is 0. The molecule has 0 amide bonds. The van der Waals surface area contributed by atoms with Crippen molar-refractivity contribution in [1.82, 2.24) is 0 Å². The predicted molar refractivity (Wildman–Crippen MR) is 0 cm³/mol. The first-order chi connectivity index (χ1) is 6.00. The van der Waals surface area contributed by atoms with Crippen molar-refractivity contribution in [3.8, 4) is 0 Å². The van der Waals surface area contributed by atoms with Gasteiger partial charge >= 0.3 is 296 Å². The van der Waals surface area contributed by atoms with E-state index in [1.54, 1.807) is 0 Å². The third-order valence-electron chi connectivity index (χ3n) is 0. The minimum absolute atomic E-state index is 0. The van der Waals surface area contributed by atoms with Crippen LogP contribution in [0.15, 0.2) is 0 Å². The first-order valence-electron chi connectivity index (χ1n) is 2.45. The molecule has 112 valence electrons. The van der Waals surface area contributed by atoms with Gasteiger partial charge in [-0.1, -0.05) is 0 Å². The fraction of sp³-hybridized carbons (Fsp3) is 0. The molecule has 0 fully saturated rings. The molecule has 0 aliphatic heterocycles. The van der Waals surface area contributed by atoms with Crippen LogP contribution in [0.5, 0.6) is 0 Å². The Bertz CT molecular complexity index is 100.0. The first kappa shape index (κ1) is 45.6. The zero-order chi connectivity index (χ0) is 13.5. The molecule has 0 heterocycles. The Hall–Kier alpha value is 8.00. The summed E-state index contributed by atoms with van der Waals surface area (Å²) in [7, 11) is 0. The molecule has 0 saturated carbocycles. The summed E-state index contributed by atoms with van der Waals surface area (Å²) in [6.07, 6.45) is 0. The van der Waals surface area contributed by atoms with Gasteiger partial charge in [-0.05, 0) is 0 Å². The second-order valence-corrected chi connectivity index (χ2v) is 6.18. The van der Waals surface area contributed by atoms with Crippen LogP contribution in [0.2, 0.25) is 0 Å². The quantitative estimate of drug-likeness (QED) is 0.205. The van der Waals surface area contributed by atoms with Gasteiger partial charge in [-0.25, -0.2) is 0 Å². The van der Waals surface area contributed by atoms with E-state index < -0.39 is 54.4 Å². The molecule has 12 nitrogen and oxygen atoms in total. The van der Waals surface area contributed by atoms with Crippen LogP contribution < -0.4 is 44.3 Å². The maximum atomic E-state index is 8.62. The average Bonchev–Trinajstić information content (AvgIpc) is 1.41. The van der Waals surface area contributed by atoms with E-state index in [2.05, 4.69) is 0 Å². The summed E-state index contributed by atoms with van der Waals surface area (Å²) in [4.78, 5) is 0. The molecule has 19 heavy (non-hydrogen) atoms. The Morgan fingerprint density at radius 2 is 0.263 bits per heavy atom. The summed E-state index contributed by atoms with van der Waals surface area (Å²) in [5.74, 6) is 0. The van der Waals surface area contributed by atoms with Crippen LogP contribution >= 0.6 is 0 Å². The minimum atomic E-state index is -6.00. The molecule has 0 rings (SSSR count). The SMILES string of the molecule is [Eu+3].[Eu+3].[Eu+3].[Eu+3].[O-][Ti]([O-])([O-])[O-].[O-][Ti]([O-])([O-])[O-].[O-][Ti]([O-])([O-])[O-]. The van der Waals surface area contributed by atoms with E-state index in [0.717, 1.165) is 0 Å². The normalized spacial score (nSPS) is 9.47. The van der Waals surface area contributed by atoms with Gasteiger partial charge in [0.2, 0.25) is 0 Å². The van der Waals surface area contributed by atoms with Crippen LogP contribution in [0.3, 0.4) is 0 Å². The number of rotatable bonds is 0. The van der Waals surface area contributed by atoms with Gasteiger partial charge in [0, 0.05) is 0 Å². The topological polar surface area (TPSA) is 277 Å². The van der Waals surface area contributed by atoms with E-state index >= 15 is 0 Å². The van der Waals surface area contributed by atoms with Crippen LogP contribution in [-0.2, 0) is 54.4 Å². The van der Waals surface area contributed by atoms with Crippen molar-refractivity contribution < 1.29 is 296 Å². The molecule has 19 heteroatoms. The van der Waals surface area contributed by atoms with Crippen LogP contribution in [0, 0.1) is 198 Å². The van der Waals surface area contributed by atoms with Gasteiger partial charge in [0.25, 0.3) is 0 Å². The second-order valence-electron chi connectivity index (χ2n) is 1.50. The predicted octanol–water partition coefficient (Wildman–Crippen LogP) is -14.3. The summed E-state index contributed by atoms with van der Waals surface area (Å²) in [5, 5.41) is 0. The zero-order valence-electron chi connectivity index (χ0n) is 7.91. The summed E-state index contributed by atoms with van der Waals surface area (Å²) in [6, 6.07) is 0. The van der Waals surface area contributed by atoms with Gasteiger partial charge in [-0.15, -0.1) is 0 Å². The van der Waals surface area contributed by atoms with Crippen molar-refractivity contribution in [1.29, 1.82) is 0 Å². The molecule has 0 aromatic heterocycles. The molecule has 0 atom stereocenters. The van der Waals surface area contributed by atoms with Crippen LogP contribution in [0.25, 0.3) is 0 Å². The monoisotopic (exact) mass is 947 g/mol. The molecule has 0 N–H and O–H groups in total. The third kappa shape index (κ3) is 234. The van der Waals surface area contributed by atoms with Crippen LogP contribution in [-0.4, -0.2) is 0 Å². The summed E-state index contributed by atoms with van der Waals surface area (Å²) in [6.45, 7) is 0. The van der Waals surface area contributed by atoms with Crippen molar-refractivity contribution in [3.05, 3.63) is 0 Å². The van der Waals surface area contributed by atoms with Gasteiger partial charge in [0.1, 0.15) is 0 Å². The summed E-state index contributed by atoms with van der Waals surface area (Å²) >= 11 is -18.0. The van der Waals surface area contributed by atoms with Crippen molar-refractivity contribution in [2.45, 2.75) is 0 Å². The number of hydrogen-bond donors (Lipinski definition) is 0. The van der Waals surface area contributed by atoms with Crippen molar-refractivity contribution >= 4 is 0 Å². The average molecular weight is 943 g/mol.